The molecule has 2 aromatic carbocycles. The fourth-order valence-corrected chi connectivity index (χ4v) is 3.10. The van der Waals surface area contributed by atoms with Gasteiger partial charge in [-0.05, 0) is 55.8 Å². The summed E-state index contributed by atoms with van der Waals surface area (Å²) in [5.41, 5.74) is 4.17. The third kappa shape index (κ3) is 3.96. The summed E-state index contributed by atoms with van der Waals surface area (Å²) in [6.45, 7) is 3.66. The fourth-order valence-electron chi connectivity index (χ4n) is 3.10. The Kier molecular flexibility index (Phi) is 4.99. The molecular formula is C23H20FN3O2. The molecule has 4 rings (SSSR count). The number of ether oxygens (including phenoxy) is 1. The van der Waals surface area contributed by atoms with Gasteiger partial charge in [0.15, 0.2) is 6.10 Å². The molecule has 0 bridgehead atoms. The topological polar surface area (TPSA) is 55.6 Å². The molecule has 0 fully saturated rings. The lowest BCUT2D eigenvalue weighted by Gasteiger charge is -2.16. The van der Waals surface area contributed by atoms with Crippen molar-refractivity contribution in [2.24, 2.45) is 0 Å². The second-order valence-corrected chi connectivity index (χ2v) is 6.80. The summed E-state index contributed by atoms with van der Waals surface area (Å²) in [5, 5.41) is 2.91. The first kappa shape index (κ1) is 18.7. The monoisotopic (exact) mass is 389 g/mol. The summed E-state index contributed by atoms with van der Waals surface area (Å²) in [5.74, 6) is -0.231. The van der Waals surface area contributed by atoms with Crippen LogP contribution in [0.5, 0.6) is 5.75 Å². The lowest BCUT2D eigenvalue weighted by atomic mass is 10.1. The molecule has 29 heavy (non-hydrogen) atoms. The number of halogens is 1. The Bertz CT molecular complexity index is 1170. The number of anilines is 1. The first-order valence-electron chi connectivity index (χ1n) is 9.28. The Morgan fingerprint density at radius 3 is 2.62 bits per heavy atom. The van der Waals surface area contributed by atoms with Gasteiger partial charge in [0.25, 0.3) is 5.91 Å². The number of carbonyl (C=O) groups is 1. The number of hydrogen-bond donors (Lipinski definition) is 1. The van der Waals surface area contributed by atoms with Gasteiger partial charge in [0.05, 0.1) is 11.4 Å². The van der Waals surface area contributed by atoms with Gasteiger partial charge in [0.2, 0.25) is 0 Å². The van der Waals surface area contributed by atoms with E-state index in [1.807, 2.05) is 60.1 Å². The molecule has 5 nitrogen and oxygen atoms in total. The molecule has 2 heterocycles. The molecule has 146 valence electrons. The number of imidazole rings is 1. The maximum Gasteiger partial charge on any atom is 0.265 e. The number of amides is 1. The number of carbonyl (C=O) groups excluding carboxylic acids is 1. The fraction of sp³-hybridized carbons (Fsp3) is 0.130. The Morgan fingerprint density at radius 1 is 1.10 bits per heavy atom. The number of nitrogens with zero attached hydrogens (tertiary/aromatic N) is 2. The number of para-hydroxylation sites is 1. The molecule has 0 radical (unpaired) electrons. The van der Waals surface area contributed by atoms with Gasteiger partial charge in [0, 0.05) is 18.0 Å². The number of aromatic nitrogens is 2. The Morgan fingerprint density at radius 2 is 1.86 bits per heavy atom. The van der Waals surface area contributed by atoms with E-state index in [1.165, 1.54) is 24.3 Å². The number of aryl methyl sites for hydroxylation is 1. The van der Waals surface area contributed by atoms with E-state index >= 15 is 0 Å². The molecule has 2 aromatic heterocycles. The molecule has 1 atom stereocenters. The molecule has 0 aliphatic heterocycles. The van der Waals surface area contributed by atoms with Crippen molar-refractivity contribution in [2.45, 2.75) is 20.0 Å². The number of benzene rings is 2. The van der Waals surface area contributed by atoms with Gasteiger partial charge in [0.1, 0.15) is 17.2 Å². The summed E-state index contributed by atoms with van der Waals surface area (Å²) in [7, 11) is 0. The summed E-state index contributed by atoms with van der Waals surface area (Å²) < 4.78 is 20.6. The molecule has 6 heteroatoms. The average Bonchev–Trinajstić information content (AvgIpc) is 3.15. The highest BCUT2D eigenvalue weighted by atomic mass is 19.1. The van der Waals surface area contributed by atoms with E-state index in [0.29, 0.717) is 11.4 Å². The van der Waals surface area contributed by atoms with E-state index < -0.39 is 6.10 Å². The summed E-state index contributed by atoms with van der Waals surface area (Å²) >= 11 is 0. The van der Waals surface area contributed by atoms with Gasteiger partial charge >= 0.3 is 0 Å². The van der Waals surface area contributed by atoms with Crippen molar-refractivity contribution in [3.8, 4) is 17.0 Å². The van der Waals surface area contributed by atoms with Gasteiger partial charge in [-0.3, -0.25) is 4.79 Å². The van der Waals surface area contributed by atoms with Gasteiger partial charge in [-0.15, -0.1) is 0 Å². The predicted molar refractivity (Wildman–Crippen MR) is 110 cm³/mol. The summed E-state index contributed by atoms with van der Waals surface area (Å²) in [6, 6.07) is 17.0. The zero-order valence-corrected chi connectivity index (χ0v) is 16.1. The van der Waals surface area contributed by atoms with E-state index in [2.05, 4.69) is 5.32 Å². The molecule has 0 saturated heterocycles. The third-order valence-corrected chi connectivity index (χ3v) is 4.63. The second-order valence-electron chi connectivity index (χ2n) is 6.80. The number of hydrogen-bond acceptors (Lipinski definition) is 3. The maximum absolute atomic E-state index is 13.0. The van der Waals surface area contributed by atoms with Crippen molar-refractivity contribution in [1.29, 1.82) is 0 Å². The summed E-state index contributed by atoms with van der Waals surface area (Å²) in [6.07, 6.45) is 3.13. The Labute approximate surface area is 167 Å². The smallest absolute Gasteiger partial charge is 0.265 e. The number of rotatable bonds is 5. The molecule has 4 aromatic rings. The Hall–Kier alpha value is -3.67. The Balaban J connectivity index is 1.57. The van der Waals surface area contributed by atoms with Gasteiger partial charge in [-0.25, -0.2) is 9.37 Å². The number of fused-ring (bicyclic) bond motifs is 1. The quantitative estimate of drug-likeness (QED) is 0.531. The standard InChI is InChI=1S/C23H20FN3O2/c1-15-6-5-13-27-14-21(25-22(15)27)19-7-3-4-8-20(19)26-23(28)16(2)29-18-11-9-17(24)10-12-18/h3-14,16H,1-2H3,(H,26,28). The molecule has 0 aliphatic carbocycles. The van der Waals surface area contributed by atoms with Gasteiger partial charge in [-0.1, -0.05) is 24.3 Å². The minimum absolute atomic E-state index is 0.304. The average molecular weight is 389 g/mol. The predicted octanol–water partition coefficient (Wildman–Crippen LogP) is 4.85. The molecule has 0 spiro atoms. The lowest BCUT2D eigenvalue weighted by molar-refractivity contribution is -0.122. The van der Waals surface area contributed by atoms with Gasteiger partial charge in [-0.2, -0.15) is 0 Å². The van der Waals surface area contributed by atoms with Crippen molar-refractivity contribution in [3.63, 3.8) is 0 Å². The van der Waals surface area contributed by atoms with Crippen LogP contribution in [0.25, 0.3) is 16.9 Å². The first-order chi connectivity index (χ1) is 14.0. The minimum atomic E-state index is -0.753. The number of nitrogens with one attached hydrogen (secondary N) is 1. The second kappa shape index (κ2) is 7.75. The molecule has 1 N–H and O–H groups in total. The van der Waals surface area contributed by atoms with E-state index in [4.69, 9.17) is 9.72 Å². The van der Waals surface area contributed by atoms with Crippen LogP contribution in [0.3, 0.4) is 0 Å². The third-order valence-electron chi connectivity index (χ3n) is 4.63. The molecule has 1 unspecified atom stereocenters. The van der Waals surface area contributed by atoms with Crippen LogP contribution >= 0.6 is 0 Å². The molecule has 0 saturated carbocycles. The van der Waals surface area contributed by atoms with Gasteiger partial charge < -0.3 is 14.5 Å². The zero-order chi connectivity index (χ0) is 20.4. The lowest BCUT2D eigenvalue weighted by Crippen LogP contribution is -2.30. The van der Waals surface area contributed by atoms with E-state index in [-0.39, 0.29) is 11.7 Å². The molecule has 1 amide bonds. The highest BCUT2D eigenvalue weighted by Gasteiger charge is 2.18. The van der Waals surface area contributed by atoms with Crippen LogP contribution in [0.1, 0.15) is 12.5 Å². The molecular weight excluding hydrogens is 369 g/mol. The van der Waals surface area contributed by atoms with Crippen LogP contribution < -0.4 is 10.1 Å². The van der Waals surface area contributed by atoms with Crippen molar-refractivity contribution in [3.05, 3.63) is 84.4 Å². The normalized spacial score (nSPS) is 12.0. The van der Waals surface area contributed by atoms with Crippen LogP contribution in [0.2, 0.25) is 0 Å². The molecule has 0 aliphatic rings. The van der Waals surface area contributed by atoms with Crippen molar-refractivity contribution in [1.82, 2.24) is 9.38 Å². The number of pyridine rings is 1. The highest BCUT2D eigenvalue weighted by molar-refractivity contribution is 5.97. The van der Waals surface area contributed by atoms with Crippen LogP contribution in [0.4, 0.5) is 10.1 Å². The minimum Gasteiger partial charge on any atom is -0.481 e. The van der Waals surface area contributed by atoms with Crippen LogP contribution in [0.15, 0.2) is 73.1 Å². The van der Waals surface area contributed by atoms with Crippen molar-refractivity contribution < 1.29 is 13.9 Å². The zero-order valence-electron chi connectivity index (χ0n) is 16.1. The van der Waals surface area contributed by atoms with Crippen LogP contribution in [-0.4, -0.2) is 21.4 Å². The van der Waals surface area contributed by atoms with Crippen molar-refractivity contribution >= 4 is 17.2 Å². The highest BCUT2D eigenvalue weighted by Crippen LogP contribution is 2.28. The maximum atomic E-state index is 13.0. The van der Waals surface area contributed by atoms with Crippen LogP contribution in [0, 0.1) is 12.7 Å². The SMILES string of the molecule is Cc1cccn2cc(-c3ccccc3NC(=O)C(C)Oc3ccc(F)cc3)nc12. The van der Waals surface area contributed by atoms with E-state index in [1.54, 1.807) is 6.92 Å². The summed E-state index contributed by atoms with van der Waals surface area (Å²) in [4.78, 5) is 17.4. The van der Waals surface area contributed by atoms with Crippen LogP contribution in [-0.2, 0) is 4.79 Å². The first-order valence-corrected chi connectivity index (χ1v) is 9.28. The van der Waals surface area contributed by atoms with Crippen molar-refractivity contribution in [2.75, 3.05) is 5.32 Å². The van der Waals surface area contributed by atoms with E-state index in [0.717, 1.165) is 22.5 Å². The largest absolute Gasteiger partial charge is 0.481 e. The van der Waals surface area contributed by atoms with E-state index in [9.17, 15) is 9.18 Å².